The summed E-state index contributed by atoms with van der Waals surface area (Å²) in [7, 11) is 1.62. The van der Waals surface area contributed by atoms with Crippen LogP contribution in [0.4, 0.5) is 14.9 Å². The van der Waals surface area contributed by atoms with E-state index >= 15 is 0 Å². The van der Waals surface area contributed by atoms with E-state index in [9.17, 15) is 14.0 Å². The molecule has 0 saturated carbocycles. The van der Waals surface area contributed by atoms with Crippen LogP contribution in [0.3, 0.4) is 0 Å². The van der Waals surface area contributed by atoms with Crippen molar-refractivity contribution in [1.29, 1.82) is 0 Å². The van der Waals surface area contributed by atoms with Gasteiger partial charge in [0.25, 0.3) is 5.91 Å². The zero-order valence-electron chi connectivity index (χ0n) is 21.4. The summed E-state index contributed by atoms with van der Waals surface area (Å²) in [4.78, 5) is 37.7. The number of methoxy groups -OCH3 is 1. The third-order valence-corrected chi connectivity index (χ3v) is 7.13. The molecule has 0 radical (unpaired) electrons. The summed E-state index contributed by atoms with van der Waals surface area (Å²) in [5, 5.41) is 0. The van der Waals surface area contributed by atoms with Crippen molar-refractivity contribution in [3.63, 3.8) is 0 Å². The fraction of sp³-hybridized carbons (Fsp3) is 0.345. The first-order valence-corrected chi connectivity index (χ1v) is 12.5. The number of carbonyl (C=O) groups is 2. The van der Waals surface area contributed by atoms with Crippen molar-refractivity contribution in [1.82, 2.24) is 14.8 Å². The van der Waals surface area contributed by atoms with Crippen LogP contribution in [0.2, 0.25) is 0 Å². The summed E-state index contributed by atoms with van der Waals surface area (Å²) in [6.45, 7) is 5.96. The predicted molar refractivity (Wildman–Crippen MR) is 138 cm³/mol. The highest BCUT2D eigenvalue weighted by molar-refractivity contribution is 6.08. The monoisotopic (exact) mass is 502 g/mol. The second kappa shape index (κ2) is 9.84. The van der Waals surface area contributed by atoms with Gasteiger partial charge in [-0.05, 0) is 41.3 Å². The van der Waals surface area contributed by atoms with E-state index in [4.69, 9.17) is 4.74 Å². The maximum absolute atomic E-state index is 14.3. The zero-order valence-corrected chi connectivity index (χ0v) is 21.4. The number of pyridine rings is 1. The highest BCUT2D eigenvalue weighted by Gasteiger charge is 2.60. The number of halogens is 1. The van der Waals surface area contributed by atoms with Crippen LogP contribution in [-0.2, 0) is 23.4 Å². The Morgan fingerprint density at radius 2 is 1.86 bits per heavy atom. The Kier molecular flexibility index (Phi) is 6.58. The molecule has 3 aromatic rings. The minimum absolute atomic E-state index is 0.00190. The Labute approximate surface area is 216 Å². The first-order chi connectivity index (χ1) is 17.8. The number of aromatic nitrogens is 1. The van der Waals surface area contributed by atoms with E-state index in [0.717, 1.165) is 23.4 Å². The van der Waals surface area contributed by atoms with E-state index in [1.165, 1.54) is 17.0 Å². The molecule has 1 fully saturated rings. The number of urea groups is 1. The molecular weight excluding hydrogens is 471 g/mol. The molecule has 0 aliphatic carbocycles. The second-order valence-electron chi connectivity index (χ2n) is 10.1. The number of rotatable bonds is 7. The van der Waals surface area contributed by atoms with Crippen LogP contribution in [0.1, 0.15) is 37.0 Å². The molecule has 2 aromatic carbocycles. The van der Waals surface area contributed by atoms with Gasteiger partial charge in [-0.2, -0.15) is 0 Å². The van der Waals surface area contributed by atoms with Gasteiger partial charge in [0, 0.05) is 49.2 Å². The molecule has 1 aromatic heterocycles. The van der Waals surface area contributed by atoms with E-state index in [2.05, 4.69) is 23.7 Å². The molecule has 3 heterocycles. The molecule has 1 saturated heterocycles. The number of amides is 3. The van der Waals surface area contributed by atoms with E-state index in [1.54, 1.807) is 36.5 Å². The molecule has 5 rings (SSSR count). The summed E-state index contributed by atoms with van der Waals surface area (Å²) in [6.07, 6.45) is 3.84. The summed E-state index contributed by atoms with van der Waals surface area (Å²) in [5.41, 5.74) is 1.88. The lowest BCUT2D eigenvalue weighted by molar-refractivity contribution is -0.134. The van der Waals surface area contributed by atoms with Gasteiger partial charge in [-0.15, -0.1) is 0 Å². The van der Waals surface area contributed by atoms with E-state index in [1.807, 2.05) is 30.3 Å². The molecule has 37 heavy (non-hydrogen) atoms. The standard InChI is InChI=1S/C29H31FN4O3/c1-20(2)17-32-13-11-29(25-10-9-24(37-3)15-26(25)32)27(35)33(18-21-6-4-8-23(30)14-21)28(36)34(29)19-22-7-5-12-31-16-22/h4-10,12,14-16,20H,11,13,17-19H2,1-3H3. The quantitative estimate of drug-likeness (QED) is 0.428. The number of ether oxygens (including phenoxy) is 1. The largest absolute Gasteiger partial charge is 0.497 e. The third kappa shape index (κ3) is 4.41. The average molecular weight is 503 g/mol. The predicted octanol–water partition coefficient (Wildman–Crippen LogP) is 4.96. The summed E-state index contributed by atoms with van der Waals surface area (Å²) in [6, 6.07) is 15.1. The molecule has 0 N–H and O–H groups in total. The van der Waals surface area contributed by atoms with Crippen molar-refractivity contribution in [2.75, 3.05) is 25.1 Å². The fourth-order valence-electron chi connectivity index (χ4n) is 5.50. The Hall–Kier alpha value is -3.94. The van der Waals surface area contributed by atoms with Crippen LogP contribution in [0.15, 0.2) is 67.0 Å². The lowest BCUT2D eigenvalue weighted by Crippen LogP contribution is -2.53. The van der Waals surface area contributed by atoms with E-state index in [-0.39, 0.29) is 19.0 Å². The van der Waals surface area contributed by atoms with Crippen LogP contribution in [0, 0.1) is 11.7 Å². The van der Waals surface area contributed by atoms with Gasteiger partial charge in [-0.1, -0.05) is 38.1 Å². The van der Waals surface area contributed by atoms with Gasteiger partial charge in [0.2, 0.25) is 0 Å². The summed E-state index contributed by atoms with van der Waals surface area (Å²) in [5.74, 6) is 0.404. The second-order valence-corrected chi connectivity index (χ2v) is 10.1. The van der Waals surface area contributed by atoms with Crippen LogP contribution >= 0.6 is 0 Å². The third-order valence-electron chi connectivity index (χ3n) is 7.13. The topological polar surface area (TPSA) is 66.0 Å². The molecule has 3 amide bonds. The lowest BCUT2D eigenvalue weighted by atomic mass is 9.80. The SMILES string of the molecule is COc1ccc2c(c1)N(CC(C)C)CCC21C(=O)N(Cc2cccc(F)c2)C(=O)N1Cc1cccnc1. The van der Waals surface area contributed by atoms with Crippen molar-refractivity contribution in [2.24, 2.45) is 5.92 Å². The zero-order chi connectivity index (χ0) is 26.2. The number of nitrogens with zero attached hydrogens (tertiary/aromatic N) is 4. The van der Waals surface area contributed by atoms with Crippen molar-refractivity contribution in [2.45, 2.75) is 38.9 Å². The number of anilines is 1. The number of carbonyl (C=O) groups excluding carboxylic acids is 2. The van der Waals surface area contributed by atoms with Gasteiger partial charge >= 0.3 is 6.03 Å². The molecule has 8 heteroatoms. The Morgan fingerprint density at radius 1 is 1.05 bits per heavy atom. The molecule has 2 aliphatic rings. The molecule has 1 unspecified atom stereocenters. The average Bonchev–Trinajstić information content (AvgIpc) is 3.08. The Balaban J connectivity index is 1.64. The highest BCUT2D eigenvalue weighted by atomic mass is 19.1. The highest BCUT2D eigenvalue weighted by Crippen LogP contribution is 2.49. The molecule has 0 bridgehead atoms. The summed E-state index contributed by atoms with van der Waals surface area (Å²) >= 11 is 0. The minimum atomic E-state index is -1.19. The van der Waals surface area contributed by atoms with Crippen LogP contribution in [0.5, 0.6) is 5.75 Å². The number of hydrogen-bond donors (Lipinski definition) is 0. The summed E-state index contributed by atoms with van der Waals surface area (Å²) < 4.78 is 19.5. The van der Waals surface area contributed by atoms with Gasteiger partial charge in [0.15, 0.2) is 5.54 Å². The molecule has 1 atom stereocenters. The van der Waals surface area contributed by atoms with Crippen LogP contribution < -0.4 is 9.64 Å². The Bertz CT molecular complexity index is 1320. The maximum atomic E-state index is 14.3. The van der Waals surface area contributed by atoms with Crippen molar-refractivity contribution >= 4 is 17.6 Å². The van der Waals surface area contributed by atoms with Gasteiger partial charge in [0.1, 0.15) is 11.6 Å². The van der Waals surface area contributed by atoms with E-state index < -0.39 is 17.4 Å². The van der Waals surface area contributed by atoms with Crippen molar-refractivity contribution in [3.8, 4) is 5.75 Å². The number of benzene rings is 2. The molecule has 7 nitrogen and oxygen atoms in total. The molecule has 2 aliphatic heterocycles. The fourth-order valence-corrected chi connectivity index (χ4v) is 5.50. The molecular formula is C29H31FN4O3. The van der Waals surface area contributed by atoms with Crippen LogP contribution in [0.25, 0.3) is 0 Å². The van der Waals surface area contributed by atoms with Gasteiger partial charge in [-0.25, -0.2) is 9.18 Å². The van der Waals surface area contributed by atoms with Gasteiger partial charge in [0.05, 0.1) is 20.2 Å². The smallest absolute Gasteiger partial charge is 0.328 e. The number of fused-ring (bicyclic) bond motifs is 2. The molecule has 192 valence electrons. The van der Waals surface area contributed by atoms with E-state index in [0.29, 0.717) is 30.2 Å². The molecule has 1 spiro atoms. The van der Waals surface area contributed by atoms with Gasteiger partial charge < -0.3 is 14.5 Å². The maximum Gasteiger partial charge on any atom is 0.328 e. The lowest BCUT2D eigenvalue weighted by Gasteiger charge is -2.45. The minimum Gasteiger partial charge on any atom is -0.497 e. The van der Waals surface area contributed by atoms with Gasteiger partial charge in [-0.3, -0.25) is 14.7 Å². The Morgan fingerprint density at radius 3 is 2.57 bits per heavy atom. The number of imide groups is 1. The number of hydrogen-bond acceptors (Lipinski definition) is 5. The van der Waals surface area contributed by atoms with Crippen LogP contribution in [-0.4, -0.2) is 46.9 Å². The van der Waals surface area contributed by atoms with Crippen molar-refractivity contribution in [3.05, 3.63) is 89.5 Å². The first-order valence-electron chi connectivity index (χ1n) is 12.5. The van der Waals surface area contributed by atoms with Crippen molar-refractivity contribution < 1.29 is 18.7 Å². The first kappa shape index (κ1) is 24.7. The normalized spacial score (nSPS) is 19.2.